The summed E-state index contributed by atoms with van der Waals surface area (Å²) in [6.45, 7) is 1.02. The van der Waals surface area contributed by atoms with E-state index in [0.717, 1.165) is 16.6 Å². The van der Waals surface area contributed by atoms with Crippen LogP contribution in [0.3, 0.4) is 0 Å². The van der Waals surface area contributed by atoms with Crippen LogP contribution in [0.4, 0.5) is 0 Å². The molecule has 7 heteroatoms. The van der Waals surface area contributed by atoms with Crippen molar-refractivity contribution in [2.45, 2.75) is 13.2 Å². The van der Waals surface area contributed by atoms with Crippen LogP contribution < -0.4 is 5.56 Å². The average Bonchev–Trinajstić information content (AvgIpc) is 3.10. The van der Waals surface area contributed by atoms with Crippen molar-refractivity contribution in [1.82, 2.24) is 24.5 Å². The summed E-state index contributed by atoms with van der Waals surface area (Å²) < 4.78 is 3.13. The molecular formula is C20H18ClN5O. The summed E-state index contributed by atoms with van der Waals surface area (Å²) in [6, 6.07) is 17.4. The zero-order valence-corrected chi connectivity index (χ0v) is 15.5. The Morgan fingerprint density at radius 1 is 1.11 bits per heavy atom. The number of benzene rings is 2. The van der Waals surface area contributed by atoms with Crippen LogP contribution >= 0.6 is 11.6 Å². The monoisotopic (exact) mass is 379 g/mol. The molecule has 0 aliphatic heterocycles. The maximum absolute atomic E-state index is 12.8. The van der Waals surface area contributed by atoms with Crippen molar-refractivity contribution in [1.29, 1.82) is 0 Å². The van der Waals surface area contributed by atoms with E-state index in [1.165, 1.54) is 4.68 Å². The van der Waals surface area contributed by atoms with Crippen LogP contribution in [0.25, 0.3) is 16.6 Å². The Kier molecular flexibility index (Phi) is 4.75. The number of hydrogen-bond donors (Lipinski definition) is 0. The smallest absolute Gasteiger partial charge is 0.283 e. The molecule has 0 aliphatic rings. The lowest BCUT2D eigenvalue weighted by atomic mass is 10.2. The lowest BCUT2D eigenvalue weighted by Crippen LogP contribution is -2.31. The Balaban J connectivity index is 1.59. The third-order valence-corrected chi connectivity index (χ3v) is 4.49. The van der Waals surface area contributed by atoms with E-state index in [1.807, 2.05) is 72.7 Å². The number of hydrogen-bond acceptors (Lipinski definition) is 4. The van der Waals surface area contributed by atoms with Gasteiger partial charge in [0.15, 0.2) is 5.52 Å². The first-order valence-corrected chi connectivity index (χ1v) is 8.92. The molecular weight excluding hydrogens is 362 g/mol. The molecule has 0 saturated heterocycles. The summed E-state index contributed by atoms with van der Waals surface area (Å²) in [7, 11) is 1.93. The van der Waals surface area contributed by atoms with Crippen molar-refractivity contribution in [3.8, 4) is 5.69 Å². The summed E-state index contributed by atoms with van der Waals surface area (Å²) in [4.78, 5) is 14.8. The first-order valence-electron chi connectivity index (χ1n) is 8.54. The molecule has 27 heavy (non-hydrogen) atoms. The maximum Gasteiger partial charge on any atom is 0.296 e. The quantitative estimate of drug-likeness (QED) is 0.533. The van der Waals surface area contributed by atoms with Crippen molar-refractivity contribution in [3.63, 3.8) is 0 Å². The van der Waals surface area contributed by atoms with Crippen molar-refractivity contribution in [2.24, 2.45) is 0 Å². The zero-order chi connectivity index (χ0) is 18.8. The number of rotatable bonds is 5. The Morgan fingerprint density at radius 3 is 2.70 bits per heavy atom. The summed E-state index contributed by atoms with van der Waals surface area (Å²) in [5.74, 6) is 0. The molecule has 0 atom stereocenters. The highest BCUT2D eigenvalue weighted by Crippen LogP contribution is 2.13. The molecule has 0 saturated carbocycles. The predicted molar refractivity (Wildman–Crippen MR) is 106 cm³/mol. The number of para-hydroxylation sites is 1. The fourth-order valence-electron chi connectivity index (χ4n) is 2.99. The van der Waals surface area contributed by atoms with Gasteiger partial charge in [0.2, 0.25) is 0 Å². The van der Waals surface area contributed by atoms with E-state index in [-0.39, 0.29) is 5.56 Å². The SMILES string of the molecule is CN(Cc1cccc(Cl)c1)Cn1ncc2cn(-c3ccccc3)nc2c1=O. The van der Waals surface area contributed by atoms with Gasteiger partial charge in [0.05, 0.1) is 18.6 Å². The van der Waals surface area contributed by atoms with Crippen LogP contribution in [-0.2, 0) is 13.2 Å². The minimum atomic E-state index is -0.208. The average molecular weight is 380 g/mol. The fraction of sp³-hybridized carbons (Fsp3) is 0.150. The molecule has 0 bridgehead atoms. The van der Waals surface area contributed by atoms with Crippen LogP contribution in [0.5, 0.6) is 0 Å². The van der Waals surface area contributed by atoms with Gasteiger partial charge in [-0.15, -0.1) is 0 Å². The highest BCUT2D eigenvalue weighted by Gasteiger charge is 2.11. The molecule has 0 radical (unpaired) electrons. The van der Waals surface area contributed by atoms with Crippen molar-refractivity contribution in [3.05, 3.63) is 87.9 Å². The van der Waals surface area contributed by atoms with E-state index < -0.39 is 0 Å². The maximum atomic E-state index is 12.8. The van der Waals surface area contributed by atoms with Gasteiger partial charge in [-0.3, -0.25) is 9.69 Å². The van der Waals surface area contributed by atoms with E-state index >= 15 is 0 Å². The molecule has 0 N–H and O–H groups in total. The standard InChI is InChI=1S/C20H18ClN5O/c1-24(12-15-6-5-7-17(21)10-15)14-26-20(27)19-16(11-22-26)13-25(23-19)18-8-3-2-4-9-18/h2-11,13H,12,14H2,1H3. The third-order valence-electron chi connectivity index (χ3n) is 4.25. The van der Waals surface area contributed by atoms with E-state index in [2.05, 4.69) is 10.2 Å². The number of nitrogens with zero attached hydrogens (tertiary/aromatic N) is 5. The van der Waals surface area contributed by atoms with Crippen LogP contribution in [0.15, 0.2) is 71.8 Å². The first-order chi connectivity index (χ1) is 13.1. The highest BCUT2D eigenvalue weighted by molar-refractivity contribution is 6.30. The van der Waals surface area contributed by atoms with E-state index in [9.17, 15) is 4.79 Å². The second-order valence-electron chi connectivity index (χ2n) is 6.45. The molecule has 0 aliphatic carbocycles. The number of halogens is 1. The van der Waals surface area contributed by atoms with Gasteiger partial charge >= 0.3 is 0 Å². The molecule has 0 fully saturated rings. The lowest BCUT2D eigenvalue weighted by Gasteiger charge is -2.17. The van der Waals surface area contributed by atoms with Gasteiger partial charge in [0, 0.05) is 23.2 Å². The third kappa shape index (κ3) is 3.77. The van der Waals surface area contributed by atoms with Gasteiger partial charge in [-0.2, -0.15) is 10.2 Å². The Morgan fingerprint density at radius 2 is 1.93 bits per heavy atom. The van der Waals surface area contributed by atoms with Crippen molar-refractivity contribution < 1.29 is 0 Å². The minimum Gasteiger partial charge on any atom is -0.283 e. The molecule has 136 valence electrons. The summed E-state index contributed by atoms with van der Waals surface area (Å²) in [6.07, 6.45) is 3.50. The number of aromatic nitrogens is 4. The zero-order valence-electron chi connectivity index (χ0n) is 14.8. The summed E-state index contributed by atoms with van der Waals surface area (Å²) >= 11 is 6.04. The molecule has 4 aromatic rings. The molecule has 4 rings (SSSR count). The Hall–Kier alpha value is -2.96. The Bertz CT molecular complexity index is 1140. The molecule has 2 heterocycles. The molecule has 2 aromatic carbocycles. The van der Waals surface area contributed by atoms with Crippen LogP contribution in [0.1, 0.15) is 5.56 Å². The predicted octanol–water partition coefficient (Wildman–Crippen LogP) is 3.33. The second-order valence-corrected chi connectivity index (χ2v) is 6.88. The van der Waals surface area contributed by atoms with E-state index in [0.29, 0.717) is 23.8 Å². The number of fused-ring (bicyclic) bond motifs is 1. The highest BCUT2D eigenvalue weighted by atomic mass is 35.5. The lowest BCUT2D eigenvalue weighted by molar-refractivity contribution is 0.241. The molecule has 6 nitrogen and oxygen atoms in total. The van der Waals surface area contributed by atoms with Crippen LogP contribution in [-0.4, -0.2) is 31.5 Å². The van der Waals surface area contributed by atoms with Crippen molar-refractivity contribution in [2.75, 3.05) is 7.05 Å². The topological polar surface area (TPSA) is 56.0 Å². The van der Waals surface area contributed by atoms with Gasteiger partial charge in [-0.05, 0) is 36.9 Å². The van der Waals surface area contributed by atoms with Gasteiger partial charge in [0.25, 0.3) is 5.56 Å². The summed E-state index contributed by atoms with van der Waals surface area (Å²) in [5, 5.41) is 10.2. The van der Waals surface area contributed by atoms with Crippen molar-refractivity contribution >= 4 is 22.5 Å². The first kappa shape index (κ1) is 17.5. The fourth-order valence-corrected chi connectivity index (χ4v) is 3.21. The van der Waals surface area contributed by atoms with Gasteiger partial charge in [-0.1, -0.05) is 41.9 Å². The van der Waals surface area contributed by atoms with Gasteiger partial charge in [-0.25, -0.2) is 9.36 Å². The molecule has 2 aromatic heterocycles. The minimum absolute atomic E-state index is 0.208. The van der Waals surface area contributed by atoms with Gasteiger partial charge in [0.1, 0.15) is 0 Å². The molecule has 0 amide bonds. The van der Waals surface area contributed by atoms with Gasteiger partial charge < -0.3 is 0 Å². The van der Waals surface area contributed by atoms with Crippen LogP contribution in [0, 0.1) is 0 Å². The summed E-state index contributed by atoms with van der Waals surface area (Å²) in [5.41, 5.74) is 2.18. The van der Waals surface area contributed by atoms with Crippen LogP contribution in [0.2, 0.25) is 5.02 Å². The van der Waals surface area contributed by atoms with E-state index in [1.54, 1.807) is 10.9 Å². The molecule has 0 unspecified atom stereocenters. The van der Waals surface area contributed by atoms with E-state index in [4.69, 9.17) is 11.6 Å². The molecule has 0 spiro atoms. The normalized spacial score (nSPS) is 11.4. The Labute approximate surface area is 161 Å². The largest absolute Gasteiger partial charge is 0.296 e. The second kappa shape index (κ2) is 7.34.